The lowest BCUT2D eigenvalue weighted by molar-refractivity contribution is 0.0420. The normalized spacial score (nSPS) is 20.5. The third-order valence-corrected chi connectivity index (χ3v) is 3.17. The highest BCUT2D eigenvalue weighted by molar-refractivity contribution is 5.68. The number of fused-ring (bicyclic) bond motifs is 1. The van der Waals surface area contributed by atoms with E-state index < -0.39 is 0 Å². The molecule has 1 aliphatic rings. The van der Waals surface area contributed by atoms with Gasteiger partial charge >= 0.3 is 0 Å². The topological polar surface area (TPSA) is 54.7 Å². The number of aromatic nitrogens is 3. The fourth-order valence-electron chi connectivity index (χ4n) is 2.35. The zero-order chi connectivity index (χ0) is 12.4. The first kappa shape index (κ1) is 11.4. The Morgan fingerprint density at radius 3 is 3.33 bits per heavy atom. The molecule has 6 heteroatoms. The average molecular weight is 247 g/mol. The van der Waals surface area contributed by atoms with E-state index in [0.29, 0.717) is 0 Å². The molecule has 2 aromatic heterocycles. The molecule has 1 unspecified atom stereocenters. The van der Waals surface area contributed by atoms with E-state index in [4.69, 9.17) is 4.74 Å². The van der Waals surface area contributed by atoms with E-state index in [1.54, 1.807) is 12.4 Å². The summed E-state index contributed by atoms with van der Waals surface area (Å²) in [6.07, 6.45) is 5.67. The van der Waals surface area contributed by atoms with Gasteiger partial charge in [0.2, 0.25) is 0 Å². The minimum Gasteiger partial charge on any atom is -0.373 e. The molecule has 96 valence electrons. The molecule has 0 bridgehead atoms. The summed E-state index contributed by atoms with van der Waals surface area (Å²) in [4.78, 5) is 6.75. The number of rotatable bonds is 3. The number of nitrogens with zero attached hydrogens (tertiary/aromatic N) is 4. The maximum Gasteiger partial charge on any atom is 0.154 e. The standard InChI is InChI=1S/C12H17N5O/c1-13-8-10-9-16(6-7-18-10)12-11-2-3-15-17(11)5-4-14-12/h2-5,10,13H,6-9H2,1H3. The third kappa shape index (κ3) is 2.04. The number of hydrogen-bond donors (Lipinski definition) is 1. The molecule has 1 aliphatic heterocycles. The maximum atomic E-state index is 5.71. The number of morpholine rings is 1. The highest BCUT2D eigenvalue weighted by Crippen LogP contribution is 2.20. The molecule has 1 fully saturated rings. The first-order valence-electron chi connectivity index (χ1n) is 6.18. The molecule has 1 N–H and O–H groups in total. The molecule has 1 saturated heterocycles. The third-order valence-electron chi connectivity index (χ3n) is 3.17. The van der Waals surface area contributed by atoms with Crippen molar-refractivity contribution in [3.63, 3.8) is 0 Å². The highest BCUT2D eigenvalue weighted by atomic mass is 16.5. The van der Waals surface area contributed by atoms with Gasteiger partial charge in [0, 0.05) is 32.0 Å². The molecular weight excluding hydrogens is 230 g/mol. The van der Waals surface area contributed by atoms with E-state index >= 15 is 0 Å². The lowest BCUT2D eigenvalue weighted by Crippen LogP contribution is -2.46. The Kier molecular flexibility index (Phi) is 3.12. The van der Waals surface area contributed by atoms with E-state index in [0.717, 1.165) is 37.6 Å². The van der Waals surface area contributed by atoms with Crippen molar-refractivity contribution in [2.75, 3.05) is 38.2 Å². The summed E-state index contributed by atoms with van der Waals surface area (Å²) in [5.41, 5.74) is 1.04. The molecule has 6 nitrogen and oxygen atoms in total. The van der Waals surface area contributed by atoms with E-state index in [1.165, 1.54) is 0 Å². The van der Waals surface area contributed by atoms with Gasteiger partial charge in [-0.05, 0) is 13.1 Å². The molecule has 3 rings (SSSR count). The highest BCUT2D eigenvalue weighted by Gasteiger charge is 2.22. The molecule has 0 saturated carbocycles. The van der Waals surface area contributed by atoms with Crippen LogP contribution in [0.25, 0.3) is 5.52 Å². The van der Waals surface area contributed by atoms with Crippen LogP contribution in [0.1, 0.15) is 0 Å². The first-order valence-corrected chi connectivity index (χ1v) is 6.18. The molecule has 0 radical (unpaired) electrons. The molecule has 0 amide bonds. The lowest BCUT2D eigenvalue weighted by Gasteiger charge is -2.33. The van der Waals surface area contributed by atoms with Crippen molar-refractivity contribution in [1.29, 1.82) is 0 Å². The average Bonchev–Trinajstić information content (AvgIpc) is 2.87. The second-order valence-corrected chi connectivity index (χ2v) is 4.41. The Morgan fingerprint density at radius 1 is 1.50 bits per heavy atom. The maximum absolute atomic E-state index is 5.71. The van der Waals surface area contributed by atoms with E-state index in [2.05, 4.69) is 20.3 Å². The van der Waals surface area contributed by atoms with Crippen molar-refractivity contribution < 1.29 is 4.74 Å². The smallest absolute Gasteiger partial charge is 0.154 e. The van der Waals surface area contributed by atoms with Gasteiger partial charge in [-0.3, -0.25) is 0 Å². The summed E-state index contributed by atoms with van der Waals surface area (Å²) in [6.45, 7) is 3.33. The van der Waals surface area contributed by atoms with Gasteiger partial charge in [-0.15, -0.1) is 0 Å². The second kappa shape index (κ2) is 4.91. The Bertz CT molecular complexity index is 524. The zero-order valence-electron chi connectivity index (χ0n) is 10.4. The molecule has 1 atom stereocenters. The van der Waals surface area contributed by atoms with Crippen LogP contribution in [0.3, 0.4) is 0 Å². The minimum absolute atomic E-state index is 0.216. The van der Waals surface area contributed by atoms with E-state index in [9.17, 15) is 0 Å². The largest absolute Gasteiger partial charge is 0.373 e. The molecular formula is C12H17N5O. The lowest BCUT2D eigenvalue weighted by atomic mass is 10.2. The van der Waals surface area contributed by atoms with Crippen molar-refractivity contribution in [3.05, 3.63) is 24.7 Å². The summed E-state index contributed by atoms with van der Waals surface area (Å²) < 4.78 is 7.56. The van der Waals surface area contributed by atoms with Gasteiger partial charge in [-0.25, -0.2) is 9.50 Å². The van der Waals surface area contributed by atoms with Crippen molar-refractivity contribution in [2.45, 2.75) is 6.10 Å². The van der Waals surface area contributed by atoms with Crippen LogP contribution in [-0.4, -0.2) is 54.0 Å². The molecule has 18 heavy (non-hydrogen) atoms. The van der Waals surface area contributed by atoms with Gasteiger partial charge in [0.1, 0.15) is 5.52 Å². The first-order chi connectivity index (χ1) is 8.88. The number of hydrogen-bond acceptors (Lipinski definition) is 5. The molecule has 0 aliphatic carbocycles. The fraction of sp³-hybridized carbons (Fsp3) is 0.500. The number of ether oxygens (including phenoxy) is 1. The molecule has 3 heterocycles. The summed E-state index contributed by atoms with van der Waals surface area (Å²) >= 11 is 0. The van der Waals surface area contributed by atoms with Gasteiger partial charge in [-0.2, -0.15) is 5.10 Å². The van der Waals surface area contributed by atoms with Crippen LogP contribution in [-0.2, 0) is 4.74 Å². The predicted octanol–water partition coefficient (Wildman–Crippen LogP) is 0.154. The summed E-state index contributed by atoms with van der Waals surface area (Å²) in [5.74, 6) is 0.986. The summed E-state index contributed by atoms with van der Waals surface area (Å²) in [7, 11) is 1.94. The van der Waals surface area contributed by atoms with Crippen LogP contribution >= 0.6 is 0 Å². The van der Waals surface area contributed by atoms with Crippen molar-refractivity contribution >= 4 is 11.3 Å². The number of nitrogens with one attached hydrogen (secondary N) is 1. The van der Waals surface area contributed by atoms with Crippen LogP contribution < -0.4 is 10.2 Å². The summed E-state index contributed by atoms with van der Waals surface area (Å²) in [6, 6.07) is 1.99. The van der Waals surface area contributed by atoms with Gasteiger partial charge < -0.3 is 15.0 Å². The van der Waals surface area contributed by atoms with E-state index in [-0.39, 0.29) is 6.10 Å². The van der Waals surface area contributed by atoms with Crippen molar-refractivity contribution in [3.8, 4) is 0 Å². The van der Waals surface area contributed by atoms with Gasteiger partial charge in [0.05, 0.1) is 18.9 Å². The molecule has 2 aromatic rings. The summed E-state index contributed by atoms with van der Waals surface area (Å²) in [5, 5.41) is 7.39. The Morgan fingerprint density at radius 2 is 2.44 bits per heavy atom. The Hall–Kier alpha value is -1.66. The Balaban J connectivity index is 1.87. The second-order valence-electron chi connectivity index (χ2n) is 4.41. The Labute approximate surface area is 106 Å². The van der Waals surface area contributed by atoms with Crippen LogP contribution in [0.4, 0.5) is 5.82 Å². The molecule has 0 aromatic carbocycles. The number of anilines is 1. The SMILES string of the molecule is CNCC1CN(c2nccn3nccc23)CCO1. The van der Waals surface area contributed by atoms with Crippen molar-refractivity contribution in [1.82, 2.24) is 19.9 Å². The quantitative estimate of drug-likeness (QED) is 0.837. The predicted molar refractivity (Wildman–Crippen MR) is 68.9 cm³/mol. The van der Waals surface area contributed by atoms with Gasteiger partial charge in [-0.1, -0.05) is 0 Å². The number of likely N-dealkylation sites (N-methyl/N-ethyl adjacent to an activating group) is 1. The fourth-order valence-corrected chi connectivity index (χ4v) is 2.35. The molecule has 0 spiro atoms. The monoisotopic (exact) mass is 247 g/mol. The van der Waals surface area contributed by atoms with Crippen molar-refractivity contribution in [2.24, 2.45) is 0 Å². The minimum atomic E-state index is 0.216. The zero-order valence-corrected chi connectivity index (χ0v) is 10.4. The van der Waals surface area contributed by atoms with Gasteiger partial charge in [0.25, 0.3) is 0 Å². The van der Waals surface area contributed by atoms with Crippen LogP contribution in [0, 0.1) is 0 Å². The van der Waals surface area contributed by atoms with E-state index in [1.807, 2.05) is 23.8 Å². The van der Waals surface area contributed by atoms with Crippen LogP contribution in [0.5, 0.6) is 0 Å². The van der Waals surface area contributed by atoms with Crippen LogP contribution in [0.2, 0.25) is 0 Å². The van der Waals surface area contributed by atoms with Gasteiger partial charge in [0.15, 0.2) is 5.82 Å². The van der Waals surface area contributed by atoms with Crippen LogP contribution in [0.15, 0.2) is 24.7 Å².